The van der Waals surface area contributed by atoms with Crippen molar-refractivity contribution in [2.75, 3.05) is 0 Å². The van der Waals surface area contributed by atoms with Crippen molar-refractivity contribution in [2.24, 2.45) is 0 Å². The molecule has 0 aliphatic carbocycles. The smallest absolute Gasteiger partial charge is 0.0328 e. The van der Waals surface area contributed by atoms with E-state index in [4.69, 9.17) is 0 Å². The fraction of sp³-hybridized carbons (Fsp3) is 0. The van der Waals surface area contributed by atoms with Crippen molar-refractivity contribution in [3.8, 4) is 11.8 Å². The molecule has 0 radical (unpaired) electrons. The molecule has 0 nitrogen and oxygen atoms in total. The van der Waals surface area contributed by atoms with E-state index in [1.165, 1.54) is 10.8 Å². The van der Waals surface area contributed by atoms with E-state index < -0.39 is 0 Å². The Bertz CT molecular complexity index is 777. The van der Waals surface area contributed by atoms with E-state index in [2.05, 4.69) is 52.0 Å². The predicted molar refractivity (Wildman–Crippen MR) is 84.1 cm³/mol. The van der Waals surface area contributed by atoms with Crippen LogP contribution in [0.5, 0.6) is 0 Å². The predicted octanol–water partition coefficient (Wildman–Crippen LogP) is 5.00. The zero-order valence-electron chi connectivity index (χ0n) is 10.2. The largest absolute Gasteiger partial charge is 0.0622 e. The zero-order valence-corrected chi connectivity index (χ0v) is 11.8. The Morgan fingerprint density at radius 2 is 1.32 bits per heavy atom. The second kappa shape index (κ2) is 5.30. The summed E-state index contributed by atoms with van der Waals surface area (Å²) < 4.78 is 1.10. The highest BCUT2D eigenvalue weighted by molar-refractivity contribution is 9.10. The van der Waals surface area contributed by atoms with Crippen LogP contribution >= 0.6 is 15.9 Å². The Balaban J connectivity index is 2.13. The van der Waals surface area contributed by atoms with Gasteiger partial charge in [0, 0.05) is 15.6 Å². The molecule has 3 aromatic rings. The minimum absolute atomic E-state index is 1.04. The number of hydrogen-bond acceptors (Lipinski definition) is 0. The summed E-state index contributed by atoms with van der Waals surface area (Å²) in [6.07, 6.45) is 0. The van der Waals surface area contributed by atoms with Gasteiger partial charge in [0.25, 0.3) is 0 Å². The van der Waals surface area contributed by atoms with Gasteiger partial charge in [0.2, 0.25) is 0 Å². The molecular formula is C18H11Br. The van der Waals surface area contributed by atoms with Gasteiger partial charge in [-0.3, -0.25) is 0 Å². The van der Waals surface area contributed by atoms with Crippen LogP contribution in [0.15, 0.2) is 71.2 Å². The van der Waals surface area contributed by atoms with Crippen molar-refractivity contribution in [2.45, 2.75) is 0 Å². The Morgan fingerprint density at radius 3 is 2.11 bits per heavy atom. The SMILES string of the molecule is Brc1ccc(C#Cc2ccccc2)c2ccccc12. The second-order valence-corrected chi connectivity index (χ2v) is 5.11. The van der Waals surface area contributed by atoms with Gasteiger partial charge in [0.05, 0.1) is 0 Å². The molecule has 0 saturated carbocycles. The Labute approximate surface area is 121 Å². The Morgan fingerprint density at radius 1 is 0.632 bits per heavy atom. The molecule has 0 aliphatic heterocycles. The standard InChI is InChI=1S/C18H11Br/c19-18-13-12-15(16-8-4-5-9-17(16)18)11-10-14-6-2-1-3-7-14/h1-9,12-13H. The average Bonchev–Trinajstić information content (AvgIpc) is 2.48. The topological polar surface area (TPSA) is 0 Å². The van der Waals surface area contributed by atoms with Crippen molar-refractivity contribution in [3.63, 3.8) is 0 Å². The third-order valence-electron chi connectivity index (χ3n) is 2.99. The van der Waals surface area contributed by atoms with Crippen LogP contribution in [0.1, 0.15) is 11.1 Å². The molecule has 0 unspecified atom stereocenters. The van der Waals surface area contributed by atoms with Crippen molar-refractivity contribution >= 4 is 26.7 Å². The molecule has 0 spiro atoms. The molecule has 0 bridgehead atoms. The lowest BCUT2D eigenvalue weighted by Crippen LogP contribution is -1.81. The van der Waals surface area contributed by atoms with E-state index in [1.807, 2.05) is 42.5 Å². The summed E-state index contributed by atoms with van der Waals surface area (Å²) in [5.41, 5.74) is 2.09. The van der Waals surface area contributed by atoms with Crippen molar-refractivity contribution in [1.82, 2.24) is 0 Å². The zero-order chi connectivity index (χ0) is 13.1. The lowest BCUT2D eigenvalue weighted by molar-refractivity contribution is 1.64. The second-order valence-electron chi connectivity index (χ2n) is 4.26. The minimum atomic E-state index is 1.04. The van der Waals surface area contributed by atoms with Gasteiger partial charge in [-0.1, -0.05) is 70.2 Å². The molecule has 0 atom stereocenters. The van der Waals surface area contributed by atoms with E-state index in [0.29, 0.717) is 0 Å². The van der Waals surface area contributed by atoms with Gasteiger partial charge in [0.1, 0.15) is 0 Å². The molecule has 0 N–H and O–H groups in total. The Kier molecular flexibility index (Phi) is 3.35. The molecule has 3 aromatic carbocycles. The first-order valence-corrected chi connectivity index (χ1v) is 6.88. The van der Waals surface area contributed by atoms with Gasteiger partial charge >= 0.3 is 0 Å². The summed E-state index contributed by atoms with van der Waals surface area (Å²) in [6.45, 7) is 0. The third kappa shape index (κ3) is 2.54. The van der Waals surface area contributed by atoms with Crippen LogP contribution in [0.2, 0.25) is 0 Å². The van der Waals surface area contributed by atoms with Crippen molar-refractivity contribution in [1.29, 1.82) is 0 Å². The molecule has 0 heterocycles. The van der Waals surface area contributed by atoms with Gasteiger partial charge in [-0.25, -0.2) is 0 Å². The van der Waals surface area contributed by atoms with Gasteiger partial charge < -0.3 is 0 Å². The van der Waals surface area contributed by atoms with Crippen molar-refractivity contribution in [3.05, 3.63) is 82.3 Å². The van der Waals surface area contributed by atoms with E-state index in [9.17, 15) is 0 Å². The number of benzene rings is 3. The highest BCUT2D eigenvalue weighted by Gasteiger charge is 2.01. The number of fused-ring (bicyclic) bond motifs is 1. The maximum Gasteiger partial charge on any atom is 0.0328 e. The van der Waals surface area contributed by atoms with Crippen LogP contribution in [0.3, 0.4) is 0 Å². The number of hydrogen-bond donors (Lipinski definition) is 0. The van der Waals surface area contributed by atoms with Crippen LogP contribution in [0.4, 0.5) is 0 Å². The van der Waals surface area contributed by atoms with Gasteiger partial charge in [0.15, 0.2) is 0 Å². The van der Waals surface area contributed by atoms with E-state index in [1.54, 1.807) is 0 Å². The molecule has 0 aromatic heterocycles. The van der Waals surface area contributed by atoms with Crippen molar-refractivity contribution < 1.29 is 0 Å². The maximum atomic E-state index is 3.58. The molecule has 0 aliphatic rings. The molecule has 3 rings (SSSR count). The molecular weight excluding hydrogens is 296 g/mol. The molecule has 0 amide bonds. The summed E-state index contributed by atoms with van der Waals surface area (Å²) in [6, 6.07) is 22.5. The summed E-state index contributed by atoms with van der Waals surface area (Å²) in [5.74, 6) is 6.47. The Hall–Kier alpha value is -2.04. The molecule has 0 saturated heterocycles. The maximum absolute atomic E-state index is 3.58. The number of rotatable bonds is 0. The summed E-state index contributed by atoms with van der Waals surface area (Å²) in [4.78, 5) is 0. The first-order chi connectivity index (χ1) is 9.34. The minimum Gasteiger partial charge on any atom is -0.0622 e. The van der Waals surface area contributed by atoms with Crippen LogP contribution < -0.4 is 0 Å². The van der Waals surface area contributed by atoms with E-state index in [-0.39, 0.29) is 0 Å². The van der Waals surface area contributed by atoms with Gasteiger partial charge in [-0.2, -0.15) is 0 Å². The van der Waals surface area contributed by atoms with Crippen LogP contribution in [0, 0.1) is 11.8 Å². The summed E-state index contributed by atoms with van der Waals surface area (Å²) >= 11 is 3.58. The number of halogens is 1. The van der Waals surface area contributed by atoms with Crippen LogP contribution in [-0.2, 0) is 0 Å². The van der Waals surface area contributed by atoms with Crippen LogP contribution in [0.25, 0.3) is 10.8 Å². The molecule has 1 heteroatoms. The summed E-state index contributed by atoms with van der Waals surface area (Å²) in [5, 5.41) is 2.38. The third-order valence-corrected chi connectivity index (χ3v) is 3.68. The highest BCUT2D eigenvalue weighted by Crippen LogP contribution is 2.26. The van der Waals surface area contributed by atoms with Gasteiger partial charge in [-0.05, 0) is 35.0 Å². The van der Waals surface area contributed by atoms with E-state index >= 15 is 0 Å². The van der Waals surface area contributed by atoms with Crippen LogP contribution in [-0.4, -0.2) is 0 Å². The molecule has 90 valence electrons. The molecule has 0 fully saturated rings. The fourth-order valence-corrected chi connectivity index (χ4v) is 2.51. The van der Waals surface area contributed by atoms with E-state index in [0.717, 1.165) is 15.6 Å². The lowest BCUT2D eigenvalue weighted by atomic mass is 10.0. The monoisotopic (exact) mass is 306 g/mol. The fourth-order valence-electron chi connectivity index (χ4n) is 2.03. The first kappa shape index (κ1) is 12.0. The normalized spacial score (nSPS) is 9.95. The first-order valence-electron chi connectivity index (χ1n) is 6.09. The average molecular weight is 307 g/mol. The van der Waals surface area contributed by atoms with Gasteiger partial charge in [-0.15, -0.1) is 0 Å². The lowest BCUT2D eigenvalue weighted by Gasteiger charge is -2.02. The molecule has 19 heavy (non-hydrogen) atoms. The highest BCUT2D eigenvalue weighted by atomic mass is 79.9. The quantitative estimate of drug-likeness (QED) is 0.513. The summed E-state index contributed by atoms with van der Waals surface area (Å²) in [7, 11) is 0.